The normalized spacial score (nSPS) is 10.8. The Morgan fingerprint density at radius 3 is 2.32 bits per heavy atom. The molecule has 0 aliphatic heterocycles. The molecule has 3 heteroatoms. The van der Waals surface area contributed by atoms with E-state index in [4.69, 9.17) is 5.73 Å². The van der Waals surface area contributed by atoms with Crippen LogP contribution in [0.5, 0.6) is 0 Å². The Hall–Kier alpha value is -1.87. The van der Waals surface area contributed by atoms with Crippen molar-refractivity contribution in [2.24, 2.45) is 5.73 Å². The largest absolute Gasteiger partial charge is 0.353 e. The van der Waals surface area contributed by atoms with Gasteiger partial charge in [0.2, 0.25) is 0 Å². The van der Waals surface area contributed by atoms with Crippen molar-refractivity contribution in [1.82, 2.24) is 0 Å². The number of anilines is 2. The van der Waals surface area contributed by atoms with E-state index in [0.29, 0.717) is 18.2 Å². The zero-order chi connectivity index (χ0) is 13.8. The summed E-state index contributed by atoms with van der Waals surface area (Å²) in [5, 5.41) is 3.07. The average Bonchev–Trinajstić information content (AvgIpc) is 2.41. The summed E-state index contributed by atoms with van der Waals surface area (Å²) in [7, 11) is 0. The maximum absolute atomic E-state index is 13.8. The molecule has 0 aromatic heterocycles. The van der Waals surface area contributed by atoms with Gasteiger partial charge in [-0.05, 0) is 41.3 Å². The van der Waals surface area contributed by atoms with Gasteiger partial charge >= 0.3 is 0 Å². The van der Waals surface area contributed by atoms with Crippen molar-refractivity contribution in [3.63, 3.8) is 0 Å². The van der Waals surface area contributed by atoms with Crippen LogP contribution in [-0.2, 0) is 6.54 Å². The molecule has 2 aromatic carbocycles. The molecule has 19 heavy (non-hydrogen) atoms. The second-order valence-electron chi connectivity index (χ2n) is 4.92. The molecule has 0 heterocycles. The zero-order valence-corrected chi connectivity index (χ0v) is 11.3. The third-order valence-corrected chi connectivity index (χ3v) is 3.13. The quantitative estimate of drug-likeness (QED) is 0.864. The monoisotopic (exact) mass is 258 g/mol. The Kier molecular flexibility index (Phi) is 4.17. The smallest absolute Gasteiger partial charge is 0.146 e. The first-order valence-corrected chi connectivity index (χ1v) is 6.45. The first-order chi connectivity index (χ1) is 9.10. The molecule has 0 amide bonds. The van der Waals surface area contributed by atoms with E-state index in [-0.39, 0.29) is 5.82 Å². The number of halogens is 1. The molecule has 0 bridgehead atoms. The van der Waals surface area contributed by atoms with Gasteiger partial charge in [-0.2, -0.15) is 0 Å². The van der Waals surface area contributed by atoms with E-state index in [1.54, 1.807) is 6.07 Å². The fraction of sp³-hybridized carbons (Fsp3) is 0.250. The Morgan fingerprint density at radius 1 is 1.11 bits per heavy atom. The van der Waals surface area contributed by atoms with Gasteiger partial charge in [0, 0.05) is 12.2 Å². The topological polar surface area (TPSA) is 38.0 Å². The maximum atomic E-state index is 13.8. The van der Waals surface area contributed by atoms with Crippen molar-refractivity contribution in [2.45, 2.75) is 26.3 Å². The molecule has 0 radical (unpaired) electrons. The van der Waals surface area contributed by atoms with Gasteiger partial charge in [-0.15, -0.1) is 0 Å². The van der Waals surface area contributed by atoms with Gasteiger partial charge < -0.3 is 11.1 Å². The van der Waals surface area contributed by atoms with Gasteiger partial charge in [0.05, 0.1) is 5.69 Å². The van der Waals surface area contributed by atoms with E-state index in [2.05, 4.69) is 31.3 Å². The highest BCUT2D eigenvalue weighted by molar-refractivity contribution is 5.60. The SMILES string of the molecule is CC(C)c1ccc(Nc2ccc(CN)cc2F)cc1. The molecule has 2 rings (SSSR count). The highest BCUT2D eigenvalue weighted by atomic mass is 19.1. The molecule has 3 N–H and O–H groups in total. The van der Waals surface area contributed by atoms with Crippen LogP contribution in [-0.4, -0.2) is 0 Å². The highest BCUT2D eigenvalue weighted by Crippen LogP contribution is 2.23. The van der Waals surface area contributed by atoms with Gasteiger partial charge in [0.1, 0.15) is 5.82 Å². The van der Waals surface area contributed by atoms with E-state index in [9.17, 15) is 4.39 Å². The van der Waals surface area contributed by atoms with Crippen molar-refractivity contribution in [3.05, 3.63) is 59.4 Å². The summed E-state index contributed by atoms with van der Waals surface area (Å²) in [5.74, 6) is 0.213. The molecule has 2 aromatic rings. The van der Waals surface area contributed by atoms with Crippen LogP contribution in [0, 0.1) is 5.82 Å². The summed E-state index contributed by atoms with van der Waals surface area (Å²) >= 11 is 0. The van der Waals surface area contributed by atoms with Crippen LogP contribution in [0.4, 0.5) is 15.8 Å². The number of hydrogen-bond donors (Lipinski definition) is 2. The molecule has 0 aliphatic rings. The molecule has 0 saturated carbocycles. The van der Waals surface area contributed by atoms with Crippen molar-refractivity contribution >= 4 is 11.4 Å². The van der Waals surface area contributed by atoms with Crippen LogP contribution >= 0.6 is 0 Å². The summed E-state index contributed by atoms with van der Waals surface area (Å²) < 4.78 is 13.8. The van der Waals surface area contributed by atoms with Gasteiger partial charge in [0.15, 0.2) is 0 Å². The molecule has 0 saturated heterocycles. The highest BCUT2D eigenvalue weighted by Gasteiger charge is 2.04. The Balaban J connectivity index is 2.16. The minimum atomic E-state index is -0.282. The molecular formula is C16H19FN2. The van der Waals surface area contributed by atoms with Crippen LogP contribution in [0.15, 0.2) is 42.5 Å². The molecule has 0 unspecified atom stereocenters. The Labute approximate surface area is 113 Å². The van der Waals surface area contributed by atoms with Crippen LogP contribution in [0.3, 0.4) is 0 Å². The third-order valence-electron chi connectivity index (χ3n) is 3.13. The number of rotatable bonds is 4. The fourth-order valence-corrected chi connectivity index (χ4v) is 1.89. The predicted octanol–water partition coefficient (Wildman–Crippen LogP) is 4.15. The summed E-state index contributed by atoms with van der Waals surface area (Å²) in [6, 6.07) is 13.0. The van der Waals surface area contributed by atoms with Gasteiger partial charge in [-0.25, -0.2) is 4.39 Å². The Morgan fingerprint density at radius 2 is 1.79 bits per heavy atom. The minimum absolute atomic E-state index is 0.282. The van der Waals surface area contributed by atoms with Gasteiger partial charge in [-0.1, -0.05) is 32.0 Å². The first kappa shape index (κ1) is 13.6. The van der Waals surface area contributed by atoms with Gasteiger partial charge in [-0.3, -0.25) is 0 Å². The predicted molar refractivity (Wildman–Crippen MR) is 78.1 cm³/mol. The van der Waals surface area contributed by atoms with E-state index in [0.717, 1.165) is 11.3 Å². The van der Waals surface area contributed by atoms with Crippen LogP contribution in [0.2, 0.25) is 0 Å². The number of benzene rings is 2. The zero-order valence-electron chi connectivity index (χ0n) is 11.3. The summed E-state index contributed by atoms with van der Waals surface area (Å²) in [6.07, 6.45) is 0. The molecular weight excluding hydrogens is 239 g/mol. The lowest BCUT2D eigenvalue weighted by Crippen LogP contribution is -1.99. The second kappa shape index (κ2) is 5.85. The number of nitrogens with two attached hydrogens (primary N) is 1. The molecule has 0 spiro atoms. The first-order valence-electron chi connectivity index (χ1n) is 6.45. The summed E-state index contributed by atoms with van der Waals surface area (Å²) in [4.78, 5) is 0. The molecule has 0 fully saturated rings. The van der Waals surface area contributed by atoms with Crippen molar-refractivity contribution < 1.29 is 4.39 Å². The average molecular weight is 258 g/mol. The lowest BCUT2D eigenvalue weighted by Gasteiger charge is -2.10. The standard InChI is InChI=1S/C16H19FN2/c1-11(2)13-4-6-14(7-5-13)19-16-8-3-12(10-18)9-15(16)17/h3-9,11,19H,10,18H2,1-2H3. The van der Waals surface area contributed by atoms with E-state index >= 15 is 0 Å². The van der Waals surface area contributed by atoms with Crippen LogP contribution < -0.4 is 11.1 Å². The summed E-state index contributed by atoms with van der Waals surface area (Å²) in [6.45, 7) is 4.64. The fourth-order valence-electron chi connectivity index (χ4n) is 1.89. The number of nitrogens with one attached hydrogen (secondary N) is 1. The van der Waals surface area contributed by atoms with Crippen molar-refractivity contribution in [1.29, 1.82) is 0 Å². The van der Waals surface area contributed by atoms with Crippen LogP contribution in [0.1, 0.15) is 30.9 Å². The van der Waals surface area contributed by atoms with Crippen LogP contribution in [0.25, 0.3) is 0 Å². The molecule has 0 atom stereocenters. The minimum Gasteiger partial charge on any atom is -0.353 e. The van der Waals surface area contributed by atoms with Crippen molar-refractivity contribution in [3.8, 4) is 0 Å². The molecule has 100 valence electrons. The summed E-state index contributed by atoms with van der Waals surface area (Å²) in [5.41, 5.74) is 8.88. The second-order valence-corrected chi connectivity index (χ2v) is 4.92. The maximum Gasteiger partial charge on any atom is 0.146 e. The van der Waals surface area contributed by atoms with E-state index < -0.39 is 0 Å². The molecule has 2 nitrogen and oxygen atoms in total. The van der Waals surface area contributed by atoms with E-state index in [1.807, 2.05) is 18.2 Å². The van der Waals surface area contributed by atoms with Crippen molar-refractivity contribution in [2.75, 3.05) is 5.32 Å². The number of hydrogen-bond acceptors (Lipinski definition) is 2. The molecule has 0 aliphatic carbocycles. The third kappa shape index (κ3) is 3.32. The van der Waals surface area contributed by atoms with Gasteiger partial charge in [0.25, 0.3) is 0 Å². The lowest BCUT2D eigenvalue weighted by atomic mass is 10.0. The Bertz CT molecular complexity index is 547. The lowest BCUT2D eigenvalue weighted by molar-refractivity contribution is 0.629. The van der Waals surface area contributed by atoms with E-state index in [1.165, 1.54) is 11.6 Å².